The maximum Gasteiger partial charge on any atom is 0.270 e. The number of rotatable bonds is 4. The van der Waals surface area contributed by atoms with Crippen molar-refractivity contribution in [2.24, 2.45) is 0 Å². The van der Waals surface area contributed by atoms with Gasteiger partial charge < -0.3 is 9.47 Å². The van der Waals surface area contributed by atoms with Gasteiger partial charge in [0.2, 0.25) is 0 Å². The average molecular weight is 436 g/mol. The van der Waals surface area contributed by atoms with Crippen LogP contribution in [-0.2, 0) is 4.79 Å². The first kappa shape index (κ1) is 18.0. The van der Waals surface area contributed by atoms with Crippen molar-refractivity contribution in [3.8, 4) is 11.5 Å². The molecule has 0 aromatic heterocycles. The van der Waals surface area contributed by atoms with E-state index >= 15 is 0 Å². The van der Waals surface area contributed by atoms with E-state index in [0.29, 0.717) is 20.7 Å². The van der Waals surface area contributed by atoms with Gasteiger partial charge in [-0.2, -0.15) is 0 Å². The second-order valence-corrected chi connectivity index (χ2v) is 7.69. The normalized spacial score (nSPS) is 15.8. The molecule has 0 unspecified atom stereocenters. The van der Waals surface area contributed by atoms with Gasteiger partial charge in [0.25, 0.3) is 5.91 Å². The Morgan fingerprint density at radius 2 is 1.84 bits per heavy atom. The molecule has 1 heterocycles. The number of ether oxygens (including phenoxy) is 2. The number of methoxy groups -OCH3 is 2. The Bertz CT molecular complexity index is 865. The number of halogens is 1. The van der Waals surface area contributed by atoms with Crippen LogP contribution in [0.25, 0.3) is 6.08 Å². The third-order valence-corrected chi connectivity index (χ3v) is 5.44. The highest BCUT2D eigenvalue weighted by Gasteiger charge is 2.33. The van der Waals surface area contributed by atoms with Crippen LogP contribution in [-0.4, -0.2) is 24.4 Å². The summed E-state index contributed by atoms with van der Waals surface area (Å²) in [5, 5.41) is 0. The minimum Gasteiger partial charge on any atom is -0.497 e. The van der Waals surface area contributed by atoms with Gasteiger partial charge in [-0.15, -0.1) is 0 Å². The van der Waals surface area contributed by atoms with E-state index in [0.717, 1.165) is 15.7 Å². The van der Waals surface area contributed by atoms with E-state index in [1.165, 1.54) is 16.7 Å². The van der Waals surface area contributed by atoms with Gasteiger partial charge >= 0.3 is 0 Å². The number of thioether (sulfide) groups is 1. The predicted octanol–water partition coefficient (Wildman–Crippen LogP) is 4.87. The Kier molecular flexibility index (Phi) is 5.46. The molecule has 0 spiro atoms. The molecule has 1 amide bonds. The summed E-state index contributed by atoms with van der Waals surface area (Å²) in [6.07, 6.45) is 1.79. The number of hydrogen-bond acceptors (Lipinski definition) is 5. The van der Waals surface area contributed by atoms with Gasteiger partial charge in [-0.1, -0.05) is 39.9 Å². The molecule has 0 radical (unpaired) electrons. The molecule has 2 aromatic carbocycles. The Hall–Kier alpha value is -1.83. The number of amides is 1. The second-order valence-electron chi connectivity index (χ2n) is 5.10. The van der Waals surface area contributed by atoms with E-state index < -0.39 is 0 Å². The second kappa shape index (κ2) is 7.59. The molecule has 0 bridgehead atoms. The number of hydrogen-bond donors (Lipinski definition) is 0. The topological polar surface area (TPSA) is 38.8 Å². The Morgan fingerprint density at radius 1 is 1.12 bits per heavy atom. The summed E-state index contributed by atoms with van der Waals surface area (Å²) in [5.74, 6) is 1.18. The third-order valence-electron chi connectivity index (χ3n) is 3.61. The van der Waals surface area contributed by atoms with Crippen LogP contribution < -0.4 is 14.4 Å². The molecule has 1 aliphatic rings. The first-order chi connectivity index (χ1) is 12.0. The number of carbonyl (C=O) groups excluding carboxylic acids is 1. The molecule has 0 saturated carbocycles. The van der Waals surface area contributed by atoms with E-state index in [9.17, 15) is 4.79 Å². The molecule has 1 aliphatic heterocycles. The average Bonchev–Trinajstić information content (AvgIpc) is 2.90. The lowest BCUT2D eigenvalue weighted by atomic mass is 10.1. The molecular formula is C18H14BrNO3S2. The quantitative estimate of drug-likeness (QED) is 0.505. The Morgan fingerprint density at radius 3 is 2.48 bits per heavy atom. The molecule has 7 heteroatoms. The van der Waals surface area contributed by atoms with Crippen LogP contribution in [0, 0.1) is 0 Å². The van der Waals surface area contributed by atoms with Crippen molar-refractivity contribution >= 4 is 61.9 Å². The van der Waals surface area contributed by atoms with Gasteiger partial charge in [-0.25, -0.2) is 0 Å². The highest BCUT2D eigenvalue weighted by Crippen LogP contribution is 2.37. The van der Waals surface area contributed by atoms with Crippen molar-refractivity contribution in [2.45, 2.75) is 0 Å². The van der Waals surface area contributed by atoms with E-state index in [2.05, 4.69) is 15.9 Å². The number of benzene rings is 2. The molecular weight excluding hydrogens is 422 g/mol. The van der Waals surface area contributed by atoms with E-state index in [-0.39, 0.29) is 5.91 Å². The largest absolute Gasteiger partial charge is 0.497 e. The zero-order chi connectivity index (χ0) is 18.0. The maximum atomic E-state index is 12.8. The molecule has 0 aliphatic carbocycles. The van der Waals surface area contributed by atoms with Gasteiger partial charge in [0, 0.05) is 16.1 Å². The summed E-state index contributed by atoms with van der Waals surface area (Å²) in [5.41, 5.74) is 1.54. The van der Waals surface area contributed by atoms with Crippen LogP contribution >= 0.6 is 39.9 Å². The molecule has 0 atom stereocenters. The minimum absolute atomic E-state index is 0.143. The monoisotopic (exact) mass is 435 g/mol. The lowest BCUT2D eigenvalue weighted by molar-refractivity contribution is -0.113. The lowest BCUT2D eigenvalue weighted by Gasteiger charge is -2.14. The Labute approximate surface area is 163 Å². The van der Waals surface area contributed by atoms with Gasteiger partial charge in [0.15, 0.2) is 4.32 Å². The lowest BCUT2D eigenvalue weighted by Crippen LogP contribution is -2.27. The fourth-order valence-corrected chi connectivity index (χ4v) is 3.91. The molecule has 4 nitrogen and oxygen atoms in total. The van der Waals surface area contributed by atoms with Crippen molar-refractivity contribution in [1.29, 1.82) is 0 Å². The number of carbonyl (C=O) groups is 1. The van der Waals surface area contributed by atoms with Crippen LogP contribution in [0.3, 0.4) is 0 Å². The zero-order valence-electron chi connectivity index (χ0n) is 13.5. The van der Waals surface area contributed by atoms with E-state index in [4.69, 9.17) is 21.7 Å². The van der Waals surface area contributed by atoms with Crippen LogP contribution in [0.1, 0.15) is 5.56 Å². The summed E-state index contributed by atoms with van der Waals surface area (Å²) >= 11 is 10.1. The minimum atomic E-state index is -0.143. The predicted molar refractivity (Wildman–Crippen MR) is 109 cm³/mol. The smallest absolute Gasteiger partial charge is 0.270 e. The van der Waals surface area contributed by atoms with Gasteiger partial charge in [0.05, 0.1) is 24.8 Å². The summed E-state index contributed by atoms with van der Waals surface area (Å²) < 4.78 is 12.0. The zero-order valence-corrected chi connectivity index (χ0v) is 16.7. The number of thiocarbonyl (C=S) groups is 1. The molecule has 2 aromatic rings. The standard InChI is InChI=1S/C18H14BrNO3S2/c1-22-14-8-3-11(15(10-14)23-2)9-16-17(21)20(18(24)25-16)13-6-4-12(19)5-7-13/h3-10H,1-2H3/b16-9-. The molecule has 3 rings (SSSR count). The van der Waals surface area contributed by atoms with Crippen LogP contribution in [0.4, 0.5) is 5.69 Å². The van der Waals surface area contributed by atoms with Crippen molar-refractivity contribution in [2.75, 3.05) is 19.1 Å². The van der Waals surface area contributed by atoms with Crippen LogP contribution in [0.2, 0.25) is 0 Å². The highest BCUT2D eigenvalue weighted by atomic mass is 79.9. The van der Waals surface area contributed by atoms with E-state index in [1.807, 2.05) is 36.4 Å². The van der Waals surface area contributed by atoms with Crippen molar-refractivity contribution in [1.82, 2.24) is 0 Å². The first-order valence-corrected chi connectivity index (χ1v) is 9.31. The molecule has 25 heavy (non-hydrogen) atoms. The van der Waals surface area contributed by atoms with Gasteiger partial charge in [0.1, 0.15) is 11.5 Å². The molecule has 1 fully saturated rings. The van der Waals surface area contributed by atoms with Gasteiger partial charge in [-0.05, 0) is 42.5 Å². The molecule has 0 N–H and O–H groups in total. The third kappa shape index (κ3) is 3.73. The van der Waals surface area contributed by atoms with Crippen molar-refractivity contribution in [3.63, 3.8) is 0 Å². The summed E-state index contributed by atoms with van der Waals surface area (Å²) in [4.78, 5) is 14.9. The van der Waals surface area contributed by atoms with Crippen molar-refractivity contribution in [3.05, 3.63) is 57.4 Å². The number of nitrogens with zero attached hydrogens (tertiary/aromatic N) is 1. The molecule has 1 saturated heterocycles. The van der Waals surface area contributed by atoms with Gasteiger partial charge in [-0.3, -0.25) is 9.69 Å². The van der Waals surface area contributed by atoms with Crippen LogP contribution in [0.15, 0.2) is 51.8 Å². The number of anilines is 1. The fraction of sp³-hybridized carbons (Fsp3) is 0.111. The fourth-order valence-electron chi connectivity index (χ4n) is 2.36. The SMILES string of the molecule is COc1ccc(/C=C2\SC(=S)N(c3ccc(Br)cc3)C2=O)c(OC)c1. The summed E-state index contributed by atoms with van der Waals surface area (Å²) in [6.45, 7) is 0. The van der Waals surface area contributed by atoms with Crippen LogP contribution in [0.5, 0.6) is 11.5 Å². The summed E-state index contributed by atoms with van der Waals surface area (Å²) in [7, 11) is 3.18. The van der Waals surface area contributed by atoms with Crippen molar-refractivity contribution < 1.29 is 14.3 Å². The van der Waals surface area contributed by atoms with E-state index in [1.54, 1.807) is 26.4 Å². The molecule has 128 valence electrons. The highest BCUT2D eigenvalue weighted by molar-refractivity contribution is 9.10. The summed E-state index contributed by atoms with van der Waals surface area (Å²) in [6, 6.07) is 12.9. The first-order valence-electron chi connectivity index (χ1n) is 7.29. The Balaban J connectivity index is 1.94. The maximum absolute atomic E-state index is 12.8.